The first kappa shape index (κ1) is 10.1. The predicted octanol–water partition coefficient (Wildman–Crippen LogP) is 1.51. The number of hydrogen-bond acceptors (Lipinski definition) is 4. The largest absolute Gasteiger partial charge is 0.497 e. The molecule has 4 heteroatoms. The minimum absolute atomic E-state index is 0.404. The first-order valence-corrected chi connectivity index (χ1v) is 4.89. The van der Waals surface area contributed by atoms with Crippen molar-refractivity contribution in [2.24, 2.45) is 0 Å². The van der Waals surface area contributed by atoms with E-state index in [2.05, 4.69) is 5.32 Å². The zero-order chi connectivity index (χ0) is 10.7. The number of hydrogen-bond donors (Lipinski definition) is 1. The number of methoxy groups -OCH3 is 2. The molecule has 1 aliphatic rings. The van der Waals surface area contributed by atoms with Crippen LogP contribution in [0.1, 0.15) is 0 Å². The molecule has 82 valence electrons. The van der Waals surface area contributed by atoms with E-state index in [4.69, 9.17) is 14.2 Å². The zero-order valence-electron chi connectivity index (χ0n) is 8.95. The quantitative estimate of drug-likeness (QED) is 0.816. The summed E-state index contributed by atoms with van der Waals surface area (Å²) < 4.78 is 15.5. The summed E-state index contributed by atoms with van der Waals surface area (Å²) in [4.78, 5) is 0. The summed E-state index contributed by atoms with van der Waals surface area (Å²) in [6.45, 7) is 1.53. The van der Waals surface area contributed by atoms with Gasteiger partial charge in [0.2, 0.25) is 0 Å². The van der Waals surface area contributed by atoms with Gasteiger partial charge in [-0.3, -0.25) is 0 Å². The van der Waals surface area contributed by atoms with Crippen molar-refractivity contribution in [2.45, 2.75) is 6.04 Å². The molecule has 4 nitrogen and oxygen atoms in total. The first-order valence-electron chi connectivity index (χ1n) is 4.89. The topological polar surface area (TPSA) is 39.7 Å². The maximum Gasteiger partial charge on any atom is 0.124 e. The van der Waals surface area contributed by atoms with Crippen LogP contribution in [-0.2, 0) is 4.74 Å². The average Bonchev–Trinajstić information content (AvgIpc) is 2.23. The lowest BCUT2D eigenvalue weighted by molar-refractivity contribution is 0.0211. The standard InChI is InChI=1S/C11H15NO3/c1-13-10-3-8(4-11(5-10)14-2)12-9-6-15-7-9/h3-5,9,12H,6-7H2,1-2H3. The van der Waals surface area contributed by atoms with Gasteiger partial charge in [-0.25, -0.2) is 0 Å². The summed E-state index contributed by atoms with van der Waals surface area (Å²) in [5.74, 6) is 1.58. The van der Waals surface area contributed by atoms with Crippen LogP contribution in [0.3, 0.4) is 0 Å². The van der Waals surface area contributed by atoms with Gasteiger partial charge in [0.05, 0.1) is 33.5 Å². The van der Waals surface area contributed by atoms with Gasteiger partial charge in [0.25, 0.3) is 0 Å². The minimum atomic E-state index is 0.404. The van der Waals surface area contributed by atoms with Gasteiger partial charge in [0.1, 0.15) is 11.5 Å². The zero-order valence-corrected chi connectivity index (χ0v) is 8.95. The smallest absolute Gasteiger partial charge is 0.124 e. The van der Waals surface area contributed by atoms with E-state index >= 15 is 0 Å². The summed E-state index contributed by atoms with van der Waals surface area (Å²) in [5.41, 5.74) is 1.000. The van der Waals surface area contributed by atoms with Gasteiger partial charge in [-0.2, -0.15) is 0 Å². The number of ether oxygens (including phenoxy) is 3. The molecule has 0 aliphatic carbocycles. The van der Waals surface area contributed by atoms with Crippen LogP contribution in [0.2, 0.25) is 0 Å². The molecule has 1 N–H and O–H groups in total. The van der Waals surface area contributed by atoms with Crippen molar-refractivity contribution in [3.05, 3.63) is 18.2 Å². The molecule has 1 aromatic rings. The monoisotopic (exact) mass is 209 g/mol. The van der Waals surface area contributed by atoms with Crippen molar-refractivity contribution < 1.29 is 14.2 Å². The number of benzene rings is 1. The van der Waals surface area contributed by atoms with E-state index in [1.165, 1.54) is 0 Å². The van der Waals surface area contributed by atoms with Gasteiger partial charge >= 0.3 is 0 Å². The van der Waals surface area contributed by atoms with Crippen molar-refractivity contribution >= 4 is 5.69 Å². The lowest BCUT2D eigenvalue weighted by Gasteiger charge is -2.28. The Morgan fingerprint density at radius 2 is 1.73 bits per heavy atom. The Morgan fingerprint density at radius 3 is 2.13 bits per heavy atom. The lowest BCUT2D eigenvalue weighted by atomic mass is 10.2. The highest BCUT2D eigenvalue weighted by atomic mass is 16.5. The van der Waals surface area contributed by atoms with Gasteiger partial charge in [0, 0.05) is 23.9 Å². The molecule has 0 aromatic heterocycles. The fourth-order valence-electron chi connectivity index (χ4n) is 1.45. The third-order valence-electron chi connectivity index (χ3n) is 2.36. The third kappa shape index (κ3) is 2.33. The molecule has 1 aliphatic heterocycles. The summed E-state index contributed by atoms with van der Waals surface area (Å²) in [6, 6.07) is 6.14. The van der Waals surface area contributed by atoms with Crippen LogP contribution in [0.25, 0.3) is 0 Å². The molecular weight excluding hydrogens is 194 g/mol. The predicted molar refractivity (Wildman–Crippen MR) is 57.8 cm³/mol. The molecule has 0 amide bonds. The van der Waals surface area contributed by atoms with Crippen LogP contribution < -0.4 is 14.8 Å². The number of rotatable bonds is 4. The van der Waals surface area contributed by atoms with Crippen molar-refractivity contribution in [3.63, 3.8) is 0 Å². The van der Waals surface area contributed by atoms with Crippen molar-refractivity contribution in [2.75, 3.05) is 32.8 Å². The van der Waals surface area contributed by atoms with Crippen LogP contribution in [0, 0.1) is 0 Å². The average molecular weight is 209 g/mol. The lowest BCUT2D eigenvalue weighted by Crippen LogP contribution is -2.40. The SMILES string of the molecule is COc1cc(NC2COC2)cc(OC)c1. The Hall–Kier alpha value is -1.42. The number of anilines is 1. The highest BCUT2D eigenvalue weighted by Crippen LogP contribution is 2.26. The summed E-state index contributed by atoms with van der Waals surface area (Å²) in [7, 11) is 3.29. The van der Waals surface area contributed by atoms with Crippen LogP contribution in [0.5, 0.6) is 11.5 Å². The van der Waals surface area contributed by atoms with Gasteiger partial charge in [-0.1, -0.05) is 0 Å². The summed E-state index contributed by atoms with van der Waals surface area (Å²) in [6.07, 6.45) is 0. The molecule has 1 heterocycles. The molecule has 0 atom stereocenters. The molecule has 15 heavy (non-hydrogen) atoms. The van der Waals surface area contributed by atoms with Crippen molar-refractivity contribution in [3.8, 4) is 11.5 Å². The van der Waals surface area contributed by atoms with Gasteiger partial charge in [-0.15, -0.1) is 0 Å². The maximum atomic E-state index is 5.18. The normalized spacial score (nSPS) is 15.6. The molecule has 1 fully saturated rings. The van der Waals surface area contributed by atoms with Crippen molar-refractivity contribution in [1.82, 2.24) is 0 Å². The van der Waals surface area contributed by atoms with Crippen molar-refractivity contribution in [1.29, 1.82) is 0 Å². The summed E-state index contributed by atoms with van der Waals surface area (Å²) >= 11 is 0. The molecule has 1 aromatic carbocycles. The molecule has 0 saturated carbocycles. The van der Waals surface area contributed by atoms with Gasteiger partial charge < -0.3 is 19.5 Å². The van der Waals surface area contributed by atoms with Crippen LogP contribution in [-0.4, -0.2) is 33.5 Å². The second-order valence-electron chi connectivity index (χ2n) is 3.48. The Labute approximate surface area is 89.1 Å². The molecule has 0 bridgehead atoms. The van der Waals surface area contributed by atoms with E-state index in [0.29, 0.717) is 6.04 Å². The van der Waals surface area contributed by atoms with Gasteiger partial charge in [-0.05, 0) is 0 Å². The molecule has 2 rings (SSSR count). The fourth-order valence-corrected chi connectivity index (χ4v) is 1.45. The van der Waals surface area contributed by atoms with E-state index < -0.39 is 0 Å². The molecule has 0 radical (unpaired) electrons. The highest BCUT2D eigenvalue weighted by Gasteiger charge is 2.18. The molecule has 0 unspecified atom stereocenters. The molecular formula is C11H15NO3. The first-order chi connectivity index (χ1) is 7.31. The van der Waals surface area contributed by atoms with E-state index in [1.54, 1.807) is 14.2 Å². The maximum absolute atomic E-state index is 5.18. The fraction of sp³-hybridized carbons (Fsp3) is 0.455. The molecule has 1 saturated heterocycles. The summed E-state index contributed by atoms with van der Waals surface area (Å²) in [5, 5.41) is 3.34. The second kappa shape index (κ2) is 4.40. The Bertz CT molecular complexity index is 314. The second-order valence-corrected chi connectivity index (χ2v) is 3.48. The van der Waals surface area contributed by atoms with E-state index in [0.717, 1.165) is 30.4 Å². The van der Waals surface area contributed by atoms with Crippen LogP contribution in [0.15, 0.2) is 18.2 Å². The van der Waals surface area contributed by atoms with E-state index in [-0.39, 0.29) is 0 Å². The highest BCUT2D eigenvalue weighted by molar-refractivity contribution is 5.54. The van der Waals surface area contributed by atoms with Crippen LogP contribution >= 0.6 is 0 Å². The molecule has 0 spiro atoms. The Morgan fingerprint density at radius 1 is 1.13 bits per heavy atom. The van der Waals surface area contributed by atoms with E-state index in [9.17, 15) is 0 Å². The van der Waals surface area contributed by atoms with E-state index in [1.807, 2.05) is 18.2 Å². The Kier molecular flexibility index (Phi) is 2.97. The van der Waals surface area contributed by atoms with Gasteiger partial charge in [0.15, 0.2) is 0 Å². The minimum Gasteiger partial charge on any atom is -0.497 e. The number of nitrogens with one attached hydrogen (secondary N) is 1. The third-order valence-corrected chi connectivity index (χ3v) is 2.36. The van der Waals surface area contributed by atoms with Crippen LogP contribution in [0.4, 0.5) is 5.69 Å². The Balaban J connectivity index is 2.13.